The summed E-state index contributed by atoms with van der Waals surface area (Å²) in [6.45, 7) is -0.476. The van der Waals surface area contributed by atoms with Gasteiger partial charge in [0.05, 0.1) is 25.0 Å². The number of rotatable bonds is 9. The molecule has 1 aromatic carbocycles. The maximum absolute atomic E-state index is 10.1. The molecule has 0 amide bonds. The van der Waals surface area contributed by atoms with E-state index in [-0.39, 0.29) is 18.8 Å². The minimum atomic E-state index is -1.71. The van der Waals surface area contributed by atoms with Crippen molar-refractivity contribution in [2.24, 2.45) is 0 Å². The summed E-state index contributed by atoms with van der Waals surface area (Å²) in [5, 5.41) is 47.7. The molecule has 4 unspecified atom stereocenters. The van der Waals surface area contributed by atoms with Crippen molar-refractivity contribution in [3.63, 3.8) is 0 Å². The van der Waals surface area contributed by atoms with Gasteiger partial charge in [0.25, 0.3) is 0 Å². The molecule has 0 spiro atoms. The van der Waals surface area contributed by atoms with E-state index in [1.807, 2.05) is 0 Å². The Kier molecular flexibility index (Phi) is 7.89. The summed E-state index contributed by atoms with van der Waals surface area (Å²) in [7, 11) is 0. The van der Waals surface area contributed by atoms with Crippen molar-refractivity contribution in [1.82, 2.24) is 0 Å². The fraction of sp³-hybridized carbons (Fsp3) is 0.571. The Morgan fingerprint density at radius 2 is 1.57 bits per heavy atom. The largest absolute Gasteiger partial charge is 0.490 e. The first-order valence-corrected chi connectivity index (χ1v) is 7.70. The second-order valence-electron chi connectivity index (χ2n) is 5.13. The third kappa shape index (κ3) is 5.13. The zero-order valence-electron chi connectivity index (χ0n) is 12.5. The van der Waals surface area contributed by atoms with Crippen LogP contribution >= 0.6 is 12.6 Å². The monoisotopic (exact) mass is 348 g/mol. The molecule has 0 aliphatic heterocycles. The molecule has 0 saturated heterocycles. The number of ether oxygens (including phenoxy) is 1. The average molecular weight is 348 g/mol. The lowest BCUT2D eigenvalue weighted by atomic mass is 9.96. The summed E-state index contributed by atoms with van der Waals surface area (Å²) in [5.41, 5.74) is 12.7. The van der Waals surface area contributed by atoms with E-state index in [2.05, 4.69) is 12.6 Å². The summed E-state index contributed by atoms with van der Waals surface area (Å²) in [4.78, 5) is 0. The van der Waals surface area contributed by atoms with Crippen LogP contribution in [-0.2, 0) is 6.42 Å². The molecule has 9 heteroatoms. The number of benzene rings is 1. The van der Waals surface area contributed by atoms with Crippen molar-refractivity contribution >= 4 is 24.0 Å². The number of thiol groups is 1. The van der Waals surface area contributed by atoms with Crippen LogP contribution in [0.2, 0.25) is 0 Å². The predicted octanol–water partition coefficient (Wildman–Crippen LogP) is -1.86. The first-order chi connectivity index (χ1) is 10.8. The zero-order valence-corrected chi connectivity index (χ0v) is 13.4. The molecule has 0 heterocycles. The maximum Gasteiger partial charge on any atom is 0.147 e. The van der Waals surface area contributed by atoms with Crippen LogP contribution in [-0.4, -0.2) is 68.9 Å². The molecule has 0 radical (unpaired) electrons. The lowest BCUT2D eigenvalue weighted by Crippen LogP contribution is -2.46. The standard InChI is InChI=1S/C14H24N2O6S/c15-8-1-2-9(16)14(22-3-4-23)7(8)5-10(18)12(20)13(21)11(19)6-17/h1-2,10-13,17-21,23H,3-6,15-16H2. The SMILES string of the molecule is Nc1ccc(N)c(OCCS)c1CC(O)C(O)C(O)C(O)CO. The van der Waals surface area contributed by atoms with Gasteiger partial charge >= 0.3 is 0 Å². The second kappa shape index (κ2) is 9.16. The highest BCUT2D eigenvalue weighted by molar-refractivity contribution is 7.80. The Morgan fingerprint density at radius 3 is 2.13 bits per heavy atom. The highest BCUT2D eigenvalue weighted by Crippen LogP contribution is 2.33. The first-order valence-electron chi connectivity index (χ1n) is 7.07. The second-order valence-corrected chi connectivity index (χ2v) is 5.57. The van der Waals surface area contributed by atoms with E-state index in [4.69, 9.17) is 21.3 Å². The number of hydrogen-bond acceptors (Lipinski definition) is 9. The molecule has 8 nitrogen and oxygen atoms in total. The van der Waals surface area contributed by atoms with Crippen LogP contribution < -0.4 is 16.2 Å². The smallest absolute Gasteiger partial charge is 0.147 e. The number of aliphatic hydroxyl groups excluding tert-OH is 5. The molecule has 132 valence electrons. The minimum absolute atomic E-state index is 0.158. The van der Waals surface area contributed by atoms with Gasteiger partial charge in [-0.05, 0) is 12.1 Å². The molecule has 0 fully saturated rings. The number of nitrogen functional groups attached to an aromatic ring is 2. The number of hydrogen-bond donors (Lipinski definition) is 8. The molecular weight excluding hydrogens is 324 g/mol. The fourth-order valence-corrected chi connectivity index (χ4v) is 2.17. The lowest BCUT2D eigenvalue weighted by Gasteiger charge is -2.26. The van der Waals surface area contributed by atoms with Gasteiger partial charge in [0.15, 0.2) is 0 Å². The van der Waals surface area contributed by atoms with Crippen molar-refractivity contribution < 1.29 is 30.3 Å². The highest BCUT2D eigenvalue weighted by Gasteiger charge is 2.31. The summed E-state index contributed by atoms with van der Waals surface area (Å²) in [6.07, 6.45) is -6.57. The first kappa shape index (κ1) is 19.8. The van der Waals surface area contributed by atoms with Gasteiger partial charge in [-0.2, -0.15) is 12.6 Å². The van der Waals surface area contributed by atoms with Gasteiger partial charge in [-0.3, -0.25) is 0 Å². The van der Waals surface area contributed by atoms with Crippen LogP contribution in [0.5, 0.6) is 5.75 Å². The molecule has 23 heavy (non-hydrogen) atoms. The molecule has 4 atom stereocenters. The third-order valence-electron chi connectivity index (χ3n) is 3.40. The van der Waals surface area contributed by atoms with Gasteiger partial charge in [0, 0.05) is 23.4 Å². The molecule has 0 aromatic heterocycles. The van der Waals surface area contributed by atoms with E-state index in [1.165, 1.54) is 6.07 Å². The van der Waals surface area contributed by atoms with Crippen LogP contribution in [0.3, 0.4) is 0 Å². The lowest BCUT2D eigenvalue weighted by molar-refractivity contribution is -0.114. The van der Waals surface area contributed by atoms with Gasteiger partial charge in [-0.25, -0.2) is 0 Å². The van der Waals surface area contributed by atoms with Crippen LogP contribution in [0.25, 0.3) is 0 Å². The Labute approximate surface area is 139 Å². The molecule has 9 N–H and O–H groups in total. The molecule has 1 rings (SSSR count). The number of nitrogens with two attached hydrogens (primary N) is 2. The minimum Gasteiger partial charge on any atom is -0.490 e. The Morgan fingerprint density at radius 1 is 1.00 bits per heavy atom. The topological polar surface area (TPSA) is 162 Å². The van der Waals surface area contributed by atoms with Crippen LogP contribution in [0, 0.1) is 0 Å². The van der Waals surface area contributed by atoms with E-state index in [0.29, 0.717) is 22.7 Å². The maximum atomic E-state index is 10.1. The third-order valence-corrected chi connectivity index (χ3v) is 3.59. The number of aliphatic hydroxyl groups is 5. The summed E-state index contributed by atoms with van der Waals surface area (Å²) in [6, 6.07) is 3.09. The van der Waals surface area contributed by atoms with Gasteiger partial charge in [0.1, 0.15) is 24.1 Å². The van der Waals surface area contributed by atoms with Gasteiger partial charge in [-0.15, -0.1) is 0 Å². The summed E-state index contributed by atoms with van der Waals surface area (Å²) < 4.78 is 5.48. The van der Waals surface area contributed by atoms with Crippen LogP contribution in [0.4, 0.5) is 11.4 Å². The molecule has 0 saturated carbocycles. The van der Waals surface area contributed by atoms with Crippen LogP contribution in [0.15, 0.2) is 12.1 Å². The van der Waals surface area contributed by atoms with Crippen molar-refractivity contribution in [2.75, 3.05) is 30.4 Å². The van der Waals surface area contributed by atoms with E-state index in [0.717, 1.165) is 0 Å². The quantitative estimate of drug-likeness (QED) is 0.190. The summed E-state index contributed by atoms with van der Waals surface area (Å²) >= 11 is 4.04. The van der Waals surface area contributed by atoms with E-state index in [1.54, 1.807) is 6.07 Å². The molecular formula is C14H24N2O6S. The highest BCUT2D eigenvalue weighted by atomic mass is 32.1. The van der Waals surface area contributed by atoms with Gasteiger partial charge in [0.2, 0.25) is 0 Å². The Balaban J connectivity index is 2.96. The van der Waals surface area contributed by atoms with Crippen molar-refractivity contribution in [1.29, 1.82) is 0 Å². The molecule has 0 aliphatic rings. The van der Waals surface area contributed by atoms with E-state index in [9.17, 15) is 20.4 Å². The molecule has 0 aliphatic carbocycles. The fourth-order valence-electron chi connectivity index (χ4n) is 2.08. The zero-order chi connectivity index (χ0) is 17.6. The Hall–Kier alpha value is -1.23. The van der Waals surface area contributed by atoms with Crippen molar-refractivity contribution in [3.05, 3.63) is 17.7 Å². The van der Waals surface area contributed by atoms with Gasteiger partial charge in [-0.1, -0.05) is 0 Å². The average Bonchev–Trinajstić information content (AvgIpc) is 2.55. The van der Waals surface area contributed by atoms with Crippen molar-refractivity contribution in [3.8, 4) is 5.75 Å². The molecule has 0 bridgehead atoms. The molecule has 1 aromatic rings. The van der Waals surface area contributed by atoms with E-state index < -0.39 is 31.0 Å². The van der Waals surface area contributed by atoms with Crippen LogP contribution in [0.1, 0.15) is 5.56 Å². The van der Waals surface area contributed by atoms with E-state index >= 15 is 0 Å². The van der Waals surface area contributed by atoms with Crippen molar-refractivity contribution in [2.45, 2.75) is 30.8 Å². The Bertz CT molecular complexity index is 504. The summed E-state index contributed by atoms with van der Waals surface area (Å²) in [5.74, 6) is 0.725. The van der Waals surface area contributed by atoms with Gasteiger partial charge < -0.3 is 41.7 Å². The normalized spacial score (nSPS) is 16.6. The number of anilines is 2. The predicted molar refractivity (Wildman–Crippen MR) is 89.4 cm³/mol.